The average molecular weight is 335 g/mol. The molecule has 0 aromatic heterocycles. The molecule has 3 N–H and O–H groups in total. The Kier molecular flexibility index (Phi) is 5.74. The molecule has 0 aromatic carbocycles. The predicted octanol–water partition coefficient (Wildman–Crippen LogP) is 2.09. The number of hydrogen-bond donors (Lipinski definition) is 3. The molecular weight excluding hydrogens is 306 g/mol. The second kappa shape index (κ2) is 7.99. The Morgan fingerprint density at radius 1 is 0.958 bits per heavy atom. The van der Waals surface area contributed by atoms with E-state index in [0.29, 0.717) is 11.8 Å². The van der Waals surface area contributed by atoms with Crippen LogP contribution in [0.3, 0.4) is 0 Å². The first kappa shape index (κ1) is 17.2. The smallest absolute Gasteiger partial charge is 0.321 e. The molecule has 4 amide bonds. The monoisotopic (exact) mass is 335 g/mol. The molecule has 1 unspecified atom stereocenters. The van der Waals surface area contributed by atoms with E-state index in [2.05, 4.69) is 16.0 Å². The topological polar surface area (TPSA) is 87.3 Å². The highest BCUT2D eigenvalue weighted by Gasteiger charge is 2.35. The van der Waals surface area contributed by atoms with Crippen molar-refractivity contribution >= 4 is 17.8 Å². The Morgan fingerprint density at radius 3 is 2.17 bits per heavy atom. The summed E-state index contributed by atoms with van der Waals surface area (Å²) >= 11 is 0. The van der Waals surface area contributed by atoms with E-state index in [0.717, 1.165) is 0 Å². The normalized spacial score (nSPS) is 27.9. The molecule has 1 saturated heterocycles. The molecular formula is C18H29N3O3. The first-order valence-electron chi connectivity index (χ1n) is 9.51. The van der Waals surface area contributed by atoms with Gasteiger partial charge >= 0.3 is 6.03 Å². The molecule has 1 aliphatic heterocycles. The largest absolute Gasteiger partial charge is 0.353 e. The number of nitrogens with one attached hydrogen (secondary N) is 3. The van der Waals surface area contributed by atoms with Gasteiger partial charge in [0.25, 0.3) is 0 Å². The minimum absolute atomic E-state index is 0.0742. The lowest BCUT2D eigenvalue weighted by Crippen LogP contribution is -2.49. The minimum atomic E-state index is -0.505. The van der Waals surface area contributed by atoms with Crippen LogP contribution in [0.4, 0.5) is 4.79 Å². The van der Waals surface area contributed by atoms with Crippen molar-refractivity contribution < 1.29 is 14.4 Å². The van der Waals surface area contributed by atoms with Crippen molar-refractivity contribution in [2.24, 2.45) is 17.8 Å². The first-order valence-corrected chi connectivity index (χ1v) is 9.51. The van der Waals surface area contributed by atoms with Crippen LogP contribution in [0, 0.1) is 17.8 Å². The fourth-order valence-corrected chi connectivity index (χ4v) is 4.63. The number of carbonyl (C=O) groups excluding carboxylic acids is 3. The lowest BCUT2D eigenvalue weighted by atomic mass is 9.78. The summed E-state index contributed by atoms with van der Waals surface area (Å²) in [6, 6.07) is -0.266. The number of urea groups is 1. The van der Waals surface area contributed by atoms with Gasteiger partial charge in [0.05, 0.1) is 5.92 Å². The van der Waals surface area contributed by atoms with Gasteiger partial charge in [0.2, 0.25) is 11.8 Å². The summed E-state index contributed by atoms with van der Waals surface area (Å²) in [6.07, 6.45) is 11.2. The molecule has 0 bridgehead atoms. The minimum Gasteiger partial charge on any atom is -0.353 e. The highest BCUT2D eigenvalue weighted by atomic mass is 16.2. The number of imide groups is 1. The molecule has 6 heteroatoms. The summed E-state index contributed by atoms with van der Waals surface area (Å²) in [7, 11) is 0. The summed E-state index contributed by atoms with van der Waals surface area (Å²) in [5.41, 5.74) is 0. The third-order valence-electron chi connectivity index (χ3n) is 5.94. The zero-order valence-electron chi connectivity index (χ0n) is 14.3. The van der Waals surface area contributed by atoms with Gasteiger partial charge in [-0.25, -0.2) is 4.79 Å². The van der Waals surface area contributed by atoms with Crippen LogP contribution in [-0.4, -0.2) is 30.4 Å². The zero-order valence-corrected chi connectivity index (χ0v) is 14.3. The van der Waals surface area contributed by atoms with Gasteiger partial charge < -0.3 is 10.6 Å². The van der Waals surface area contributed by atoms with Crippen LogP contribution in [0.1, 0.15) is 64.2 Å². The second-order valence-corrected chi connectivity index (χ2v) is 7.64. The van der Waals surface area contributed by atoms with Crippen molar-refractivity contribution in [3.8, 4) is 0 Å². The Labute approximate surface area is 143 Å². The lowest BCUT2D eigenvalue weighted by Gasteiger charge is -2.35. The summed E-state index contributed by atoms with van der Waals surface area (Å²) in [4.78, 5) is 35.8. The van der Waals surface area contributed by atoms with Crippen LogP contribution in [-0.2, 0) is 9.59 Å². The van der Waals surface area contributed by atoms with Gasteiger partial charge in [-0.3, -0.25) is 14.9 Å². The molecule has 0 radical (unpaired) electrons. The molecule has 0 spiro atoms. The summed E-state index contributed by atoms with van der Waals surface area (Å²) < 4.78 is 0. The Hall–Kier alpha value is -1.59. The van der Waals surface area contributed by atoms with Crippen molar-refractivity contribution in [1.29, 1.82) is 0 Å². The van der Waals surface area contributed by atoms with Gasteiger partial charge in [-0.1, -0.05) is 32.1 Å². The van der Waals surface area contributed by atoms with Crippen molar-refractivity contribution in [3.63, 3.8) is 0 Å². The number of amides is 4. The summed E-state index contributed by atoms with van der Waals surface area (Å²) in [6.45, 7) is 0.228. The highest BCUT2D eigenvalue weighted by molar-refractivity contribution is 5.97. The van der Waals surface area contributed by atoms with Crippen LogP contribution >= 0.6 is 0 Å². The predicted molar refractivity (Wildman–Crippen MR) is 90.1 cm³/mol. The first-order chi connectivity index (χ1) is 11.6. The van der Waals surface area contributed by atoms with Gasteiger partial charge in [-0.2, -0.15) is 0 Å². The summed E-state index contributed by atoms with van der Waals surface area (Å²) in [5.74, 6) is 0.227. The number of rotatable bonds is 4. The van der Waals surface area contributed by atoms with Gasteiger partial charge in [0.15, 0.2) is 0 Å². The third kappa shape index (κ3) is 4.28. The van der Waals surface area contributed by atoms with Crippen LogP contribution in [0.15, 0.2) is 0 Å². The number of hydrogen-bond acceptors (Lipinski definition) is 3. The van der Waals surface area contributed by atoms with Gasteiger partial charge in [0.1, 0.15) is 0 Å². The van der Waals surface area contributed by atoms with E-state index in [1.165, 1.54) is 57.8 Å². The maximum atomic E-state index is 12.8. The van der Waals surface area contributed by atoms with E-state index in [1.807, 2.05) is 0 Å². The Balaban J connectivity index is 1.65. The van der Waals surface area contributed by atoms with Gasteiger partial charge in [0, 0.05) is 19.0 Å². The SMILES string of the molecule is O=C1C[C@H](C(=O)NC(C2CCCCC2)C2CCCC2)CNC(=O)N1. The molecule has 0 aromatic rings. The van der Waals surface area contributed by atoms with Crippen molar-refractivity contribution in [2.75, 3.05) is 6.54 Å². The molecule has 3 rings (SSSR count). The maximum absolute atomic E-state index is 12.8. The van der Waals surface area contributed by atoms with Crippen molar-refractivity contribution in [3.05, 3.63) is 0 Å². The molecule has 2 aliphatic carbocycles. The van der Waals surface area contributed by atoms with Gasteiger partial charge in [-0.15, -0.1) is 0 Å². The van der Waals surface area contributed by atoms with E-state index < -0.39 is 11.9 Å². The fraction of sp³-hybridized carbons (Fsp3) is 0.833. The quantitative estimate of drug-likeness (QED) is 0.735. The average Bonchev–Trinajstić information content (AvgIpc) is 3.05. The van der Waals surface area contributed by atoms with Crippen LogP contribution in [0.25, 0.3) is 0 Å². The molecule has 134 valence electrons. The van der Waals surface area contributed by atoms with Crippen LogP contribution < -0.4 is 16.0 Å². The van der Waals surface area contributed by atoms with E-state index >= 15 is 0 Å². The molecule has 2 saturated carbocycles. The third-order valence-corrected chi connectivity index (χ3v) is 5.94. The van der Waals surface area contributed by atoms with E-state index in [9.17, 15) is 14.4 Å². The molecule has 3 aliphatic rings. The standard InChI is InChI=1S/C18H29N3O3/c22-15-10-14(11-19-18(24)20-15)17(23)21-16(13-8-4-5-9-13)12-6-2-1-3-7-12/h12-14,16H,1-11H2,(H,21,23)(H2,19,20,22,24)/t14-,16?/m0/s1. The summed E-state index contributed by atoms with van der Waals surface area (Å²) in [5, 5.41) is 8.12. The van der Waals surface area contributed by atoms with E-state index in [4.69, 9.17) is 0 Å². The van der Waals surface area contributed by atoms with Crippen molar-refractivity contribution in [1.82, 2.24) is 16.0 Å². The van der Waals surface area contributed by atoms with Crippen LogP contribution in [0.5, 0.6) is 0 Å². The fourth-order valence-electron chi connectivity index (χ4n) is 4.63. The van der Waals surface area contributed by atoms with Gasteiger partial charge in [-0.05, 0) is 37.5 Å². The van der Waals surface area contributed by atoms with E-state index in [-0.39, 0.29) is 30.8 Å². The zero-order chi connectivity index (χ0) is 16.9. The molecule has 6 nitrogen and oxygen atoms in total. The molecule has 24 heavy (non-hydrogen) atoms. The Morgan fingerprint density at radius 2 is 1.54 bits per heavy atom. The maximum Gasteiger partial charge on any atom is 0.321 e. The molecule has 1 heterocycles. The van der Waals surface area contributed by atoms with Crippen molar-refractivity contribution in [2.45, 2.75) is 70.3 Å². The second-order valence-electron chi connectivity index (χ2n) is 7.64. The highest BCUT2D eigenvalue weighted by Crippen LogP contribution is 2.36. The molecule has 3 fully saturated rings. The molecule has 2 atom stereocenters. The lowest BCUT2D eigenvalue weighted by molar-refractivity contribution is -0.130. The Bertz CT molecular complexity index is 482. The van der Waals surface area contributed by atoms with E-state index in [1.54, 1.807) is 0 Å². The number of carbonyl (C=O) groups is 3. The van der Waals surface area contributed by atoms with Crippen LogP contribution in [0.2, 0.25) is 0 Å².